The first-order chi connectivity index (χ1) is 9.08. The van der Waals surface area contributed by atoms with Gasteiger partial charge in [0, 0.05) is 25.2 Å². The summed E-state index contributed by atoms with van der Waals surface area (Å²) in [6.07, 6.45) is 3.45. The van der Waals surface area contributed by atoms with Gasteiger partial charge in [0.05, 0.1) is 19.9 Å². The Hall–Kier alpha value is -1.42. The molecule has 19 heavy (non-hydrogen) atoms. The van der Waals surface area contributed by atoms with E-state index in [1.54, 1.807) is 14.2 Å². The lowest BCUT2D eigenvalue weighted by molar-refractivity contribution is 0.392. The number of hydrogen-bond acceptors (Lipinski definition) is 4. The zero-order valence-corrected chi connectivity index (χ0v) is 12.3. The SMILES string of the molecule is COc1cc(C)c(N(C)C2CCCC2N)c(OC)c1. The topological polar surface area (TPSA) is 47.7 Å². The summed E-state index contributed by atoms with van der Waals surface area (Å²) in [6.45, 7) is 2.08. The summed E-state index contributed by atoms with van der Waals surface area (Å²) in [4.78, 5) is 2.27. The number of ether oxygens (including phenoxy) is 2. The Labute approximate surface area is 115 Å². The average Bonchev–Trinajstić information content (AvgIpc) is 2.83. The van der Waals surface area contributed by atoms with E-state index in [-0.39, 0.29) is 6.04 Å². The van der Waals surface area contributed by atoms with Gasteiger partial charge < -0.3 is 20.1 Å². The zero-order chi connectivity index (χ0) is 14.0. The van der Waals surface area contributed by atoms with Crippen LogP contribution in [-0.4, -0.2) is 33.4 Å². The van der Waals surface area contributed by atoms with Crippen LogP contribution in [0.15, 0.2) is 12.1 Å². The minimum Gasteiger partial charge on any atom is -0.497 e. The summed E-state index contributed by atoms with van der Waals surface area (Å²) in [5.41, 5.74) is 8.47. The first-order valence-electron chi connectivity index (χ1n) is 6.79. The number of likely N-dealkylation sites (N-methyl/N-ethyl adjacent to an activating group) is 1. The Morgan fingerprint density at radius 2 is 1.95 bits per heavy atom. The molecule has 0 aromatic heterocycles. The summed E-state index contributed by atoms with van der Waals surface area (Å²) in [5.74, 6) is 1.67. The van der Waals surface area contributed by atoms with Crippen LogP contribution in [0.2, 0.25) is 0 Å². The molecule has 2 atom stereocenters. The first-order valence-corrected chi connectivity index (χ1v) is 6.79. The van der Waals surface area contributed by atoms with Crippen LogP contribution in [0.1, 0.15) is 24.8 Å². The van der Waals surface area contributed by atoms with Crippen molar-refractivity contribution >= 4 is 5.69 Å². The summed E-state index contributed by atoms with van der Waals surface area (Å²) in [6, 6.07) is 4.60. The highest BCUT2D eigenvalue weighted by Gasteiger charge is 2.29. The molecular weight excluding hydrogens is 240 g/mol. The third kappa shape index (κ3) is 2.63. The molecule has 0 spiro atoms. The van der Waals surface area contributed by atoms with Gasteiger partial charge in [0.1, 0.15) is 11.5 Å². The van der Waals surface area contributed by atoms with Crippen LogP contribution in [0.5, 0.6) is 11.5 Å². The minimum absolute atomic E-state index is 0.246. The van der Waals surface area contributed by atoms with Crippen molar-refractivity contribution in [1.29, 1.82) is 0 Å². The van der Waals surface area contributed by atoms with E-state index in [2.05, 4.69) is 18.9 Å². The van der Waals surface area contributed by atoms with Crippen molar-refractivity contribution in [2.45, 2.75) is 38.3 Å². The summed E-state index contributed by atoms with van der Waals surface area (Å²) >= 11 is 0. The van der Waals surface area contributed by atoms with Gasteiger partial charge >= 0.3 is 0 Å². The van der Waals surface area contributed by atoms with Crippen molar-refractivity contribution in [2.24, 2.45) is 5.73 Å². The van der Waals surface area contributed by atoms with E-state index in [1.165, 1.54) is 6.42 Å². The molecule has 1 aromatic carbocycles. The zero-order valence-electron chi connectivity index (χ0n) is 12.3. The molecule has 1 aliphatic carbocycles. The fourth-order valence-corrected chi connectivity index (χ4v) is 3.06. The number of aryl methyl sites for hydroxylation is 1. The normalized spacial score (nSPS) is 22.4. The molecule has 1 saturated carbocycles. The van der Waals surface area contributed by atoms with E-state index in [0.29, 0.717) is 6.04 Å². The Bertz CT molecular complexity index is 448. The molecule has 1 aliphatic rings. The average molecular weight is 264 g/mol. The van der Waals surface area contributed by atoms with Crippen molar-refractivity contribution in [3.63, 3.8) is 0 Å². The van der Waals surface area contributed by atoms with Gasteiger partial charge in [-0.2, -0.15) is 0 Å². The number of methoxy groups -OCH3 is 2. The largest absolute Gasteiger partial charge is 0.497 e. The highest BCUT2D eigenvalue weighted by atomic mass is 16.5. The molecule has 2 unspecified atom stereocenters. The first kappa shape index (κ1) is 14.0. The second-order valence-electron chi connectivity index (χ2n) is 5.27. The Balaban J connectivity index is 2.37. The third-order valence-electron chi connectivity index (χ3n) is 4.08. The van der Waals surface area contributed by atoms with E-state index in [0.717, 1.165) is 35.6 Å². The fraction of sp³-hybridized carbons (Fsp3) is 0.600. The number of anilines is 1. The molecule has 0 saturated heterocycles. The maximum atomic E-state index is 6.21. The molecule has 2 N–H and O–H groups in total. The standard InChI is InChI=1S/C15H24N2O2/c1-10-8-11(18-3)9-14(19-4)15(10)17(2)13-7-5-6-12(13)16/h8-9,12-13H,5-7,16H2,1-4H3. The van der Waals surface area contributed by atoms with Crippen LogP contribution in [0.25, 0.3) is 0 Å². The van der Waals surface area contributed by atoms with Crippen LogP contribution in [0, 0.1) is 6.92 Å². The smallest absolute Gasteiger partial charge is 0.146 e. The van der Waals surface area contributed by atoms with E-state index in [9.17, 15) is 0 Å². The van der Waals surface area contributed by atoms with Crippen molar-refractivity contribution in [2.75, 3.05) is 26.2 Å². The predicted octanol–water partition coefficient (Wildman–Crippen LogP) is 2.33. The van der Waals surface area contributed by atoms with Gasteiger partial charge in [-0.05, 0) is 37.8 Å². The van der Waals surface area contributed by atoms with Crippen molar-refractivity contribution < 1.29 is 9.47 Å². The van der Waals surface area contributed by atoms with Crippen LogP contribution in [0.4, 0.5) is 5.69 Å². The summed E-state index contributed by atoms with van der Waals surface area (Å²) in [5, 5.41) is 0. The molecule has 4 nitrogen and oxygen atoms in total. The van der Waals surface area contributed by atoms with Crippen LogP contribution >= 0.6 is 0 Å². The second kappa shape index (κ2) is 5.70. The number of hydrogen-bond donors (Lipinski definition) is 1. The molecule has 106 valence electrons. The number of rotatable bonds is 4. The Kier molecular flexibility index (Phi) is 4.20. The van der Waals surface area contributed by atoms with Crippen LogP contribution in [0.3, 0.4) is 0 Å². The molecule has 0 aliphatic heterocycles. The van der Waals surface area contributed by atoms with Crippen molar-refractivity contribution in [3.8, 4) is 11.5 Å². The van der Waals surface area contributed by atoms with Gasteiger partial charge in [0.2, 0.25) is 0 Å². The Morgan fingerprint density at radius 1 is 1.21 bits per heavy atom. The van der Waals surface area contributed by atoms with Gasteiger partial charge in [-0.15, -0.1) is 0 Å². The monoisotopic (exact) mass is 264 g/mol. The summed E-state index contributed by atoms with van der Waals surface area (Å²) < 4.78 is 10.8. The highest BCUT2D eigenvalue weighted by molar-refractivity contribution is 5.66. The maximum absolute atomic E-state index is 6.21. The summed E-state index contributed by atoms with van der Waals surface area (Å²) in [7, 11) is 5.47. The fourth-order valence-electron chi connectivity index (χ4n) is 3.06. The van der Waals surface area contributed by atoms with Crippen LogP contribution < -0.4 is 20.1 Å². The van der Waals surface area contributed by atoms with E-state index in [1.807, 2.05) is 12.1 Å². The van der Waals surface area contributed by atoms with Gasteiger partial charge in [-0.1, -0.05) is 0 Å². The third-order valence-corrected chi connectivity index (χ3v) is 4.08. The van der Waals surface area contributed by atoms with E-state index >= 15 is 0 Å². The minimum atomic E-state index is 0.246. The van der Waals surface area contributed by atoms with Gasteiger partial charge in [0.15, 0.2) is 0 Å². The van der Waals surface area contributed by atoms with E-state index < -0.39 is 0 Å². The van der Waals surface area contributed by atoms with Crippen molar-refractivity contribution in [1.82, 2.24) is 0 Å². The predicted molar refractivity (Wildman–Crippen MR) is 78.3 cm³/mol. The molecule has 4 heteroatoms. The van der Waals surface area contributed by atoms with Crippen molar-refractivity contribution in [3.05, 3.63) is 17.7 Å². The molecule has 0 bridgehead atoms. The maximum Gasteiger partial charge on any atom is 0.146 e. The van der Waals surface area contributed by atoms with Gasteiger partial charge in [-0.3, -0.25) is 0 Å². The van der Waals surface area contributed by atoms with Gasteiger partial charge in [-0.25, -0.2) is 0 Å². The molecule has 1 aromatic rings. The van der Waals surface area contributed by atoms with Crippen LogP contribution in [-0.2, 0) is 0 Å². The molecule has 0 heterocycles. The lowest BCUT2D eigenvalue weighted by Gasteiger charge is -2.32. The molecular formula is C15H24N2O2. The lowest BCUT2D eigenvalue weighted by atomic mass is 10.1. The highest BCUT2D eigenvalue weighted by Crippen LogP contribution is 2.38. The molecule has 1 fully saturated rings. The number of benzene rings is 1. The quantitative estimate of drug-likeness (QED) is 0.906. The lowest BCUT2D eigenvalue weighted by Crippen LogP contribution is -2.42. The van der Waals surface area contributed by atoms with E-state index in [4.69, 9.17) is 15.2 Å². The Morgan fingerprint density at radius 3 is 2.47 bits per heavy atom. The second-order valence-corrected chi connectivity index (χ2v) is 5.27. The molecule has 0 amide bonds. The molecule has 2 rings (SSSR count). The van der Waals surface area contributed by atoms with Gasteiger partial charge in [0.25, 0.3) is 0 Å². The number of nitrogens with zero attached hydrogens (tertiary/aromatic N) is 1. The number of nitrogens with two attached hydrogens (primary N) is 1. The molecule has 0 radical (unpaired) electrons.